The van der Waals surface area contributed by atoms with Crippen molar-refractivity contribution in [3.8, 4) is 0 Å². The Morgan fingerprint density at radius 3 is 2.39 bits per heavy atom. The number of aryl methyl sites for hydroxylation is 1. The molecular weight excluding hydrogens is 290 g/mol. The molecule has 0 fully saturated rings. The second-order valence-electron chi connectivity index (χ2n) is 5.38. The van der Waals surface area contributed by atoms with E-state index in [1.54, 1.807) is 6.08 Å². The Labute approximate surface area is 138 Å². The maximum atomic E-state index is 12.3. The third-order valence-corrected chi connectivity index (χ3v) is 3.65. The smallest absolute Gasteiger partial charge is 0.267 e. The van der Waals surface area contributed by atoms with E-state index in [4.69, 9.17) is 0 Å². The van der Waals surface area contributed by atoms with Crippen LogP contribution >= 0.6 is 0 Å². The van der Waals surface area contributed by atoms with Crippen LogP contribution in [0.3, 0.4) is 0 Å². The van der Waals surface area contributed by atoms with Crippen molar-refractivity contribution in [2.75, 3.05) is 26.2 Å². The summed E-state index contributed by atoms with van der Waals surface area (Å²) in [7, 11) is 0. The van der Waals surface area contributed by atoms with E-state index in [1.807, 2.05) is 31.2 Å². The predicted molar refractivity (Wildman–Crippen MR) is 93.8 cm³/mol. The van der Waals surface area contributed by atoms with Gasteiger partial charge in [0.15, 0.2) is 0 Å². The van der Waals surface area contributed by atoms with Gasteiger partial charge in [-0.1, -0.05) is 38.1 Å². The average Bonchev–Trinajstić information content (AvgIpc) is 2.52. The zero-order valence-corrected chi connectivity index (χ0v) is 14.5. The highest BCUT2D eigenvalue weighted by molar-refractivity contribution is 6.01. The molecule has 2 amide bonds. The quantitative estimate of drug-likeness (QED) is 0.720. The van der Waals surface area contributed by atoms with Crippen LogP contribution in [0.5, 0.6) is 0 Å². The highest BCUT2D eigenvalue weighted by atomic mass is 16.2. The van der Waals surface area contributed by atoms with Crippen molar-refractivity contribution in [3.05, 3.63) is 41.1 Å². The molecule has 0 radical (unpaired) electrons. The molecule has 0 saturated heterocycles. The summed E-state index contributed by atoms with van der Waals surface area (Å²) in [4.78, 5) is 25.9. The SMILES string of the molecule is CCN(CC)CCNC(=O)/C(=C/c1ccccc1C)NC(C)=O. The van der Waals surface area contributed by atoms with E-state index in [0.29, 0.717) is 6.54 Å². The summed E-state index contributed by atoms with van der Waals surface area (Å²) in [6.07, 6.45) is 1.71. The zero-order valence-electron chi connectivity index (χ0n) is 14.5. The molecule has 0 atom stereocenters. The van der Waals surface area contributed by atoms with E-state index in [-0.39, 0.29) is 17.5 Å². The minimum atomic E-state index is -0.268. The first-order chi connectivity index (χ1) is 11.0. The summed E-state index contributed by atoms with van der Waals surface area (Å²) < 4.78 is 0. The Morgan fingerprint density at radius 1 is 1.17 bits per heavy atom. The van der Waals surface area contributed by atoms with Gasteiger partial charge in [-0.05, 0) is 37.2 Å². The number of carbonyl (C=O) groups excluding carboxylic acids is 2. The molecule has 126 valence electrons. The van der Waals surface area contributed by atoms with Crippen LogP contribution < -0.4 is 10.6 Å². The van der Waals surface area contributed by atoms with Crippen molar-refractivity contribution in [1.29, 1.82) is 0 Å². The maximum absolute atomic E-state index is 12.3. The van der Waals surface area contributed by atoms with E-state index in [0.717, 1.165) is 30.8 Å². The Bertz CT molecular complexity index is 563. The number of benzene rings is 1. The monoisotopic (exact) mass is 317 g/mol. The fraction of sp³-hybridized carbons (Fsp3) is 0.444. The number of rotatable bonds is 8. The fourth-order valence-electron chi connectivity index (χ4n) is 2.21. The van der Waals surface area contributed by atoms with Gasteiger partial charge in [0.2, 0.25) is 5.91 Å². The lowest BCUT2D eigenvalue weighted by Crippen LogP contribution is -2.38. The maximum Gasteiger partial charge on any atom is 0.267 e. The minimum absolute atomic E-state index is 0.260. The number of nitrogens with zero attached hydrogens (tertiary/aromatic N) is 1. The predicted octanol–water partition coefficient (Wildman–Crippen LogP) is 1.93. The lowest BCUT2D eigenvalue weighted by Gasteiger charge is -2.18. The van der Waals surface area contributed by atoms with Gasteiger partial charge in [-0.2, -0.15) is 0 Å². The summed E-state index contributed by atoms with van der Waals surface area (Å²) in [6.45, 7) is 10.8. The van der Waals surface area contributed by atoms with E-state index in [1.165, 1.54) is 6.92 Å². The van der Waals surface area contributed by atoms with E-state index in [9.17, 15) is 9.59 Å². The third-order valence-electron chi connectivity index (χ3n) is 3.65. The van der Waals surface area contributed by atoms with Gasteiger partial charge in [0.1, 0.15) is 5.70 Å². The molecule has 0 bridgehead atoms. The van der Waals surface area contributed by atoms with Crippen molar-refractivity contribution in [2.45, 2.75) is 27.7 Å². The van der Waals surface area contributed by atoms with Crippen molar-refractivity contribution >= 4 is 17.9 Å². The molecule has 1 rings (SSSR count). The normalized spacial score (nSPS) is 11.4. The van der Waals surface area contributed by atoms with Gasteiger partial charge < -0.3 is 15.5 Å². The first-order valence-electron chi connectivity index (χ1n) is 8.03. The minimum Gasteiger partial charge on any atom is -0.349 e. The number of hydrogen-bond donors (Lipinski definition) is 2. The number of carbonyl (C=O) groups is 2. The molecule has 5 heteroatoms. The van der Waals surface area contributed by atoms with E-state index >= 15 is 0 Å². The summed E-state index contributed by atoms with van der Waals surface area (Å²) >= 11 is 0. The molecule has 1 aromatic carbocycles. The molecule has 23 heavy (non-hydrogen) atoms. The molecule has 5 nitrogen and oxygen atoms in total. The first-order valence-corrected chi connectivity index (χ1v) is 8.03. The molecule has 0 aliphatic carbocycles. The fourth-order valence-corrected chi connectivity index (χ4v) is 2.21. The third kappa shape index (κ3) is 6.65. The summed E-state index contributed by atoms with van der Waals surface area (Å²) in [6, 6.07) is 7.73. The van der Waals surface area contributed by atoms with Gasteiger partial charge in [-0.25, -0.2) is 0 Å². The van der Waals surface area contributed by atoms with Crippen molar-refractivity contribution in [1.82, 2.24) is 15.5 Å². The van der Waals surface area contributed by atoms with Crippen LogP contribution in [0.25, 0.3) is 6.08 Å². The Hall–Kier alpha value is -2.14. The van der Waals surface area contributed by atoms with Crippen molar-refractivity contribution in [2.24, 2.45) is 0 Å². The summed E-state index contributed by atoms with van der Waals surface area (Å²) in [5.74, 6) is -0.528. The van der Waals surface area contributed by atoms with Gasteiger partial charge in [0.25, 0.3) is 5.91 Å². The second kappa shape index (κ2) is 9.79. The molecule has 0 unspecified atom stereocenters. The second-order valence-corrected chi connectivity index (χ2v) is 5.38. The molecule has 0 aliphatic rings. The van der Waals surface area contributed by atoms with Crippen LogP contribution in [0.4, 0.5) is 0 Å². The largest absolute Gasteiger partial charge is 0.349 e. The van der Waals surface area contributed by atoms with Gasteiger partial charge in [-0.15, -0.1) is 0 Å². The number of likely N-dealkylation sites (N-methyl/N-ethyl adjacent to an activating group) is 1. The molecule has 0 aliphatic heterocycles. The van der Waals surface area contributed by atoms with Crippen LogP contribution in [0, 0.1) is 6.92 Å². The Balaban J connectivity index is 2.79. The Kier molecular flexibility index (Phi) is 8.05. The lowest BCUT2D eigenvalue weighted by molar-refractivity contribution is -0.122. The lowest BCUT2D eigenvalue weighted by atomic mass is 10.1. The highest BCUT2D eigenvalue weighted by Crippen LogP contribution is 2.11. The van der Waals surface area contributed by atoms with Gasteiger partial charge in [0.05, 0.1) is 0 Å². The topological polar surface area (TPSA) is 61.4 Å². The molecular formula is C18H27N3O2. The standard InChI is InChI=1S/C18H27N3O2/c1-5-21(6-2)12-11-19-18(23)17(20-15(4)22)13-16-10-8-7-9-14(16)3/h7-10,13H,5-6,11-12H2,1-4H3,(H,19,23)(H,20,22)/b17-13-. The van der Waals surface area contributed by atoms with Crippen LogP contribution in [0.2, 0.25) is 0 Å². The van der Waals surface area contributed by atoms with E-state index < -0.39 is 0 Å². The molecule has 2 N–H and O–H groups in total. The molecule has 1 aromatic rings. The van der Waals surface area contributed by atoms with Crippen molar-refractivity contribution < 1.29 is 9.59 Å². The van der Waals surface area contributed by atoms with Crippen LogP contribution in [0.15, 0.2) is 30.0 Å². The first kappa shape index (κ1) is 18.9. The van der Waals surface area contributed by atoms with E-state index in [2.05, 4.69) is 29.4 Å². The summed E-state index contributed by atoms with van der Waals surface area (Å²) in [5.41, 5.74) is 2.23. The number of hydrogen-bond acceptors (Lipinski definition) is 3. The zero-order chi connectivity index (χ0) is 17.2. The molecule has 0 saturated carbocycles. The molecule has 0 spiro atoms. The van der Waals surface area contributed by atoms with Crippen LogP contribution in [-0.2, 0) is 9.59 Å². The summed E-state index contributed by atoms with van der Waals surface area (Å²) in [5, 5.41) is 5.48. The number of nitrogens with one attached hydrogen (secondary N) is 2. The van der Waals surface area contributed by atoms with Gasteiger partial charge in [-0.3, -0.25) is 9.59 Å². The average molecular weight is 317 g/mol. The Morgan fingerprint density at radius 2 is 1.83 bits per heavy atom. The van der Waals surface area contributed by atoms with Crippen LogP contribution in [0.1, 0.15) is 31.9 Å². The number of amides is 2. The van der Waals surface area contributed by atoms with Gasteiger partial charge in [0, 0.05) is 20.0 Å². The van der Waals surface area contributed by atoms with Crippen molar-refractivity contribution in [3.63, 3.8) is 0 Å². The van der Waals surface area contributed by atoms with Crippen LogP contribution in [-0.4, -0.2) is 42.9 Å². The highest BCUT2D eigenvalue weighted by Gasteiger charge is 2.11. The molecule has 0 heterocycles. The van der Waals surface area contributed by atoms with Gasteiger partial charge >= 0.3 is 0 Å². The molecule has 0 aromatic heterocycles.